The summed E-state index contributed by atoms with van der Waals surface area (Å²) in [5.74, 6) is 0.0488. The second kappa shape index (κ2) is 13.2. The lowest BCUT2D eigenvalue weighted by Gasteiger charge is -2.37. The molecular formula is C28H38N2O4S2. The second-order valence-electron chi connectivity index (χ2n) is 9.31. The number of hydrogen-bond acceptors (Lipinski definition) is 6. The molecule has 1 aliphatic rings. The molecule has 2 aromatic rings. The van der Waals surface area contributed by atoms with Crippen LogP contribution in [-0.2, 0) is 15.6 Å². The van der Waals surface area contributed by atoms with E-state index in [0.717, 1.165) is 78.0 Å². The zero-order valence-electron chi connectivity index (χ0n) is 21.7. The highest BCUT2D eigenvalue weighted by molar-refractivity contribution is 7.98. The molecule has 0 aliphatic carbocycles. The van der Waals surface area contributed by atoms with E-state index in [9.17, 15) is 9.00 Å². The standard InChI is InChI=1S/C28H38N2O4S2/c1-5-7-14-28(15-8-6-2)19-30(22-11-9-21(29-3)10-12-22)23-17-25(35-4)24(34-16-13-27(31)32)18-26(23)36(33)20-28/h9-13,16-18,29H,5-8,14-15,19-20H2,1-4H3,(H,31,32)/b16-13+. The third-order valence-electron chi connectivity index (χ3n) is 6.71. The van der Waals surface area contributed by atoms with Gasteiger partial charge in [-0.2, -0.15) is 0 Å². The van der Waals surface area contributed by atoms with Gasteiger partial charge in [0, 0.05) is 42.2 Å². The summed E-state index contributed by atoms with van der Waals surface area (Å²) in [6.45, 7) is 5.23. The molecule has 0 aromatic heterocycles. The van der Waals surface area contributed by atoms with Gasteiger partial charge in [0.05, 0.1) is 38.6 Å². The van der Waals surface area contributed by atoms with Crippen LogP contribution < -0.4 is 15.0 Å². The molecule has 0 spiro atoms. The van der Waals surface area contributed by atoms with Crippen molar-refractivity contribution in [3.05, 3.63) is 48.7 Å². The minimum atomic E-state index is -1.23. The lowest BCUT2D eigenvalue weighted by atomic mass is 9.79. The topological polar surface area (TPSA) is 78.9 Å². The van der Waals surface area contributed by atoms with E-state index in [2.05, 4.69) is 48.3 Å². The highest BCUT2D eigenvalue weighted by atomic mass is 32.2. The Morgan fingerprint density at radius 2 is 1.86 bits per heavy atom. The number of hydrogen-bond donors (Lipinski definition) is 2. The number of carbonyl (C=O) groups is 1. The van der Waals surface area contributed by atoms with Crippen LogP contribution in [0.25, 0.3) is 0 Å². The molecule has 0 saturated heterocycles. The predicted molar refractivity (Wildman–Crippen MR) is 151 cm³/mol. The number of fused-ring (bicyclic) bond motifs is 1. The summed E-state index contributed by atoms with van der Waals surface area (Å²) < 4.78 is 19.7. The fourth-order valence-electron chi connectivity index (χ4n) is 4.73. The number of benzene rings is 2. The van der Waals surface area contributed by atoms with Crippen LogP contribution in [0.5, 0.6) is 5.75 Å². The average Bonchev–Trinajstić information content (AvgIpc) is 3.00. The van der Waals surface area contributed by atoms with Gasteiger partial charge in [0.15, 0.2) is 0 Å². The van der Waals surface area contributed by atoms with E-state index in [1.807, 2.05) is 25.4 Å². The zero-order chi connectivity index (χ0) is 26.1. The van der Waals surface area contributed by atoms with Crippen LogP contribution in [-0.4, -0.2) is 40.9 Å². The quantitative estimate of drug-likeness (QED) is 0.173. The third-order valence-corrected chi connectivity index (χ3v) is 9.16. The molecule has 196 valence electrons. The van der Waals surface area contributed by atoms with E-state index in [1.165, 1.54) is 18.0 Å². The largest absolute Gasteiger partial charge is 0.478 e. The summed E-state index contributed by atoms with van der Waals surface area (Å²) in [6.07, 6.45) is 10.6. The Labute approximate surface area is 222 Å². The lowest BCUT2D eigenvalue weighted by Crippen LogP contribution is -2.37. The maximum absolute atomic E-state index is 14.0. The molecule has 2 N–H and O–H groups in total. The number of aliphatic carboxylic acids is 1. The van der Waals surface area contributed by atoms with Crippen LogP contribution in [0.2, 0.25) is 0 Å². The third kappa shape index (κ3) is 6.85. The maximum atomic E-state index is 14.0. The van der Waals surface area contributed by atoms with Crippen LogP contribution in [0, 0.1) is 5.41 Å². The van der Waals surface area contributed by atoms with Gasteiger partial charge in [-0.3, -0.25) is 4.21 Å². The van der Waals surface area contributed by atoms with Crippen molar-refractivity contribution in [1.29, 1.82) is 0 Å². The first-order valence-corrected chi connectivity index (χ1v) is 15.1. The van der Waals surface area contributed by atoms with Crippen molar-refractivity contribution in [3.8, 4) is 5.75 Å². The number of thioether (sulfide) groups is 1. The van der Waals surface area contributed by atoms with Crippen molar-refractivity contribution in [2.75, 3.05) is 35.8 Å². The predicted octanol–water partition coefficient (Wildman–Crippen LogP) is 7.05. The van der Waals surface area contributed by atoms with Crippen LogP contribution in [0.4, 0.5) is 17.1 Å². The minimum absolute atomic E-state index is 0.0681. The molecule has 8 heteroatoms. The summed E-state index contributed by atoms with van der Waals surface area (Å²) in [5, 5.41) is 12.1. The molecule has 3 rings (SSSR count). The highest BCUT2D eigenvalue weighted by Gasteiger charge is 2.39. The maximum Gasteiger partial charge on any atom is 0.331 e. The Hall–Kier alpha value is -2.45. The Morgan fingerprint density at radius 3 is 2.42 bits per heavy atom. The summed E-state index contributed by atoms with van der Waals surface area (Å²) in [7, 11) is 0.680. The normalized spacial score (nSPS) is 17.0. The van der Waals surface area contributed by atoms with Crippen molar-refractivity contribution in [2.45, 2.75) is 62.2 Å². The molecular weight excluding hydrogens is 492 g/mol. The number of carboxylic acid groups (broad SMARTS) is 1. The van der Waals surface area contributed by atoms with Crippen LogP contribution >= 0.6 is 11.8 Å². The summed E-state index contributed by atoms with van der Waals surface area (Å²) in [5.41, 5.74) is 2.97. The van der Waals surface area contributed by atoms with Crippen LogP contribution in [0.3, 0.4) is 0 Å². The zero-order valence-corrected chi connectivity index (χ0v) is 23.3. The van der Waals surface area contributed by atoms with Gasteiger partial charge in [0.2, 0.25) is 0 Å². The van der Waals surface area contributed by atoms with E-state index in [4.69, 9.17) is 9.84 Å². The Morgan fingerprint density at radius 1 is 1.19 bits per heavy atom. The Kier molecular flexibility index (Phi) is 10.3. The first-order valence-electron chi connectivity index (χ1n) is 12.6. The number of carboxylic acids is 1. The summed E-state index contributed by atoms with van der Waals surface area (Å²) >= 11 is 1.52. The Bertz CT molecular complexity index is 1080. The molecule has 0 saturated carbocycles. The van der Waals surface area contributed by atoms with Crippen molar-refractivity contribution in [1.82, 2.24) is 0 Å². The van der Waals surface area contributed by atoms with Gasteiger partial charge in [0.1, 0.15) is 5.75 Å². The number of rotatable bonds is 12. The molecule has 2 aromatic carbocycles. The number of nitrogens with zero attached hydrogens (tertiary/aromatic N) is 1. The molecule has 1 atom stereocenters. The van der Waals surface area contributed by atoms with Crippen molar-refractivity contribution >= 4 is 45.6 Å². The van der Waals surface area contributed by atoms with Gasteiger partial charge in [-0.25, -0.2) is 4.79 Å². The van der Waals surface area contributed by atoms with Crippen LogP contribution in [0.1, 0.15) is 52.4 Å². The first kappa shape index (κ1) is 28.1. The SMILES string of the molecule is CCCCC1(CCCC)CN(c2ccc(NC)cc2)c2cc(SC)c(O/C=C/C(=O)O)cc2S(=O)C1. The molecule has 36 heavy (non-hydrogen) atoms. The van der Waals surface area contributed by atoms with Gasteiger partial charge in [-0.05, 0) is 49.4 Å². The summed E-state index contributed by atoms with van der Waals surface area (Å²) in [4.78, 5) is 14.9. The first-order chi connectivity index (χ1) is 17.4. The number of ether oxygens (including phenoxy) is 1. The highest BCUT2D eigenvalue weighted by Crippen LogP contribution is 2.46. The molecule has 6 nitrogen and oxygen atoms in total. The lowest BCUT2D eigenvalue weighted by molar-refractivity contribution is -0.131. The van der Waals surface area contributed by atoms with E-state index in [-0.39, 0.29) is 5.41 Å². The number of anilines is 3. The van der Waals surface area contributed by atoms with E-state index < -0.39 is 16.8 Å². The summed E-state index contributed by atoms with van der Waals surface area (Å²) in [6, 6.07) is 12.3. The number of unbranched alkanes of at least 4 members (excludes halogenated alkanes) is 2. The minimum Gasteiger partial charge on any atom is -0.478 e. The van der Waals surface area contributed by atoms with Gasteiger partial charge in [-0.1, -0.05) is 39.5 Å². The molecule has 1 aliphatic heterocycles. The molecule has 0 radical (unpaired) electrons. The van der Waals surface area contributed by atoms with Gasteiger partial charge >= 0.3 is 5.97 Å². The molecule has 0 fully saturated rings. The Balaban J connectivity index is 2.17. The van der Waals surface area contributed by atoms with Crippen molar-refractivity contribution < 1.29 is 18.8 Å². The second-order valence-corrected chi connectivity index (χ2v) is 11.6. The molecule has 1 unspecified atom stereocenters. The molecule has 1 heterocycles. The van der Waals surface area contributed by atoms with Gasteiger partial charge < -0.3 is 20.1 Å². The smallest absolute Gasteiger partial charge is 0.331 e. The van der Waals surface area contributed by atoms with Crippen molar-refractivity contribution in [2.24, 2.45) is 5.41 Å². The molecule has 0 bridgehead atoms. The number of nitrogens with one attached hydrogen (secondary N) is 1. The fourth-order valence-corrected chi connectivity index (χ4v) is 7.00. The average molecular weight is 531 g/mol. The van der Waals surface area contributed by atoms with Gasteiger partial charge in [0.25, 0.3) is 0 Å². The van der Waals surface area contributed by atoms with Crippen molar-refractivity contribution in [3.63, 3.8) is 0 Å². The van der Waals surface area contributed by atoms with E-state index in [0.29, 0.717) is 11.5 Å². The van der Waals surface area contributed by atoms with E-state index in [1.54, 1.807) is 0 Å². The van der Waals surface area contributed by atoms with E-state index >= 15 is 0 Å². The van der Waals surface area contributed by atoms with Crippen LogP contribution in [0.15, 0.2) is 58.5 Å². The monoisotopic (exact) mass is 530 g/mol. The molecule has 0 amide bonds. The van der Waals surface area contributed by atoms with Gasteiger partial charge in [-0.15, -0.1) is 11.8 Å². The fraction of sp³-hybridized carbons (Fsp3) is 0.464.